The third-order valence-electron chi connectivity index (χ3n) is 2.93. The van der Waals surface area contributed by atoms with E-state index < -0.39 is 18.1 Å². The van der Waals surface area contributed by atoms with Crippen molar-refractivity contribution in [2.45, 2.75) is 32.9 Å². The van der Waals surface area contributed by atoms with Gasteiger partial charge < -0.3 is 15.5 Å². The summed E-state index contributed by atoms with van der Waals surface area (Å²) in [6.07, 6.45) is -0.689. The molecule has 0 aliphatic heterocycles. The van der Waals surface area contributed by atoms with Crippen LogP contribution in [-0.2, 0) is 4.79 Å². The molecule has 0 aliphatic rings. The van der Waals surface area contributed by atoms with E-state index in [0.717, 1.165) is 11.1 Å². The van der Waals surface area contributed by atoms with Gasteiger partial charge in [-0.2, -0.15) is 0 Å². The Kier molecular flexibility index (Phi) is 5.31. The highest BCUT2D eigenvalue weighted by molar-refractivity contribution is 5.73. The van der Waals surface area contributed by atoms with Crippen molar-refractivity contribution in [2.24, 2.45) is 5.92 Å². The molecule has 0 aromatic heterocycles. The van der Waals surface area contributed by atoms with Gasteiger partial charge in [0.2, 0.25) is 0 Å². The Morgan fingerprint density at radius 1 is 1.28 bits per heavy atom. The average Bonchev–Trinajstić information content (AvgIpc) is 2.28. The molecule has 4 nitrogen and oxygen atoms in total. The lowest BCUT2D eigenvalue weighted by atomic mass is 10.0. The van der Waals surface area contributed by atoms with Gasteiger partial charge in [0.15, 0.2) is 0 Å². The number of carboxylic acids is 1. The van der Waals surface area contributed by atoms with Crippen LogP contribution in [0.25, 0.3) is 0 Å². The van der Waals surface area contributed by atoms with Crippen LogP contribution in [0.2, 0.25) is 0 Å². The fraction of sp³-hybridized carbons (Fsp3) is 0.500. The van der Waals surface area contributed by atoms with Crippen LogP contribution in [0.5, 0.6) is 0 Å². The summed E-state index contributed by atoms with van der Waals surface area (Å²) in [6.45, 7) is 5.89. The summed E-state index contributed by atoms with van der Waals surface area (Å²) in [5.41, 5.74) is 1.92. The van der Waals surface area contributed by atoms with E-state index in [-0.39, 0.29) is 12.5 Å². The van der Waals surface area contributed by atoms with Gasteiger partial charge in [0.1, 0.15) is 6.04 Å². The van der Waals surface area contributed by atoms with Gasteiger partial charge in [-0.1, -0.05) is 43.7 Å². The van der Waals surface area contributed by atoms with Gasteiger partial charge in [-0.3, -0.25) is 4.79 Å². The Morgan fingerprint density at radius 2 is 1.83 bits per heavy atom. The second kappa shape index (κ2) is 6.52. The molecular formula is C14H21NO3. The molecule has 3 N–H and O–H groups in total. The van der Waals surface area contributed by atoms with Gasteiger partial charge in [0.25, 0.3) is 0 Å². The minimum atomic E-state index is -0.888. The van der Waals surface area contributed by atoms with Crippen LogP contribution in [0, 0.1) is 12.8 Å². The zero-order chi connectivity index (χ0) is 13.7. The van der Waals surface area contributed by atoms with E-state index in [1.165, 1.54) is 0 Å². The van der Waals surface area contributed by atoms with Crippen molar-refractivity contribution in [2.75, 3.05) is 6.54 Å². The first-order chi connectivity index (χ1) is 8.41. The third-order valence-corrected chi connectivity index (χ3v) is 2.93. The van der Waals surface area contributed by atoms with E-state index in [4.69, 9.17) is 5.11 Å². The summed E-state index contributed by atoms with van der Waals surface area (Å²) in [4.78, 5) is 11.0. The summed E-state index contributed by atoms with van der Waals surface area (Å²) in [7, 11) is 0. The number of hydrogen-bond donors (Lipinski definition) is 3. The highest BCUT2D eigenvalue weighted by atomic mass is 16.4. The Hall–Kier alpha value is -1.39. The minimum absolute atomic E-state index is 0.0206. The molecule has 0 heterocycles. The Bertz CT molecular complexity index is 387. The number of aliphatic hydroxyl groups is 1. The standard InChI is InChI=1S/C14H21NO3/c1-9(2)13(14(17)18)15-8-12(16)11-6-4-10(3)5-7-11/h4-7,9,12-13,15-16H,8H2,1-3H3,(H,17,18). The number of aliphatic carboxylic acids is 1. The van der Waals surface area contributed by atoms with Crippen molar-refractivity contribution in [1.29, 1.82) is 0 Å². The zero-order valence-electron chi connectivity index (χ0n) is 11.1. The quantitative estimate of drug-likeness (QED) is 0.720. The van der Waals surface area contributed by atoms with Crippen LogP contribution in [0.15, 0.2) is 24.3 Å². The summed E-state index contributed by atoms with van der Waals surface area (Å²) < 4.78 is 0. The number of rotatable bonds is 6. The number of benzene rings is 1. The highest BCUT2D eigenvalue weighted by Gasteiger charge is 2.21. The molecule has 0 spiro atoms. The molecule has 0 bridgehead atoms. The molecule has 1 aromatic rings. The lowest BCUT2D eigenvalue weighted by molar-refractivity contribution is -0.140. The SMILES string of the molecule is Cc1ccc(C(O)CNC(C(=O)O)C(C)C)cc1. The van der Waals surface area contributed by atoms with Crippen molar-refractivity contribution in [3.8, 4) is 0 Å². The monoisotopic (exact) mass is 251 g/mol. The van der Waals surface area contributed by atoms with Crippen molar-refractivity contribution in [3.05, 3.63) is 35.4 Å². The van der Waals surface area contributed by atoms with Gasteiger partial charge >= 0.3 is 5.97 Å². The second-order valence-corrected chi connectivity index (χ2v) is 4.89. The summed E-state index contributed by atoms with van der Waals surface area (Å²) in [5.74, 6) is -0.908. The molecular weight excluding hydrogens is 230 g/mol. The van der Waals surface area contributed by atoms with E-state index in [9.17, 15) is 9.90 Å². The van der Waals surface area contributed by atoms with Gasteiger partial charge in [-0.15, -0.1) is 0 Å². The van der Waals surface area contributed by atoms with E-state index in [2.05, 4.69) is 5.32 Å². The van der Waals surface area contributed by atoms with Crippen LogP contribution in [-0.4, -0.2) is 28.8 Å². The molecule has 2 atom stereocenters. The number of aryl methyl sites for hydroxylation is 1. The van der Waals surface area contributed by atoms with Gasteiger partial charge in [0, 0.05) is 6.54 Å². The first-order valence-electron chi connectivity index (χ1n) is 6.12. The minimum Gasteiger partial charge on any atom is -0.480 e. The smallest absolute Gasteiger partial charge is 0.320 e. The average molecular weight is 251 g/mol. The molecule has 0 fully saturated rings. The molecule has 1 aromatic carbocycles. The molecule has 18 heavy (non-hydrogen) atoms. The summed E-state index contributed by atoms with van der Waals surface area (Å²) in [6, 6.07) is 6.93. The zero-order valence-corrected chi connectivity index (χ0v) is 11.1. The van der Waals surface area contributed by atoms with Crippen molar-refractivity contribution < 1.29 is 15.0 Å². The predicted octanol–water partition coefficient (Wildman–Crippen LogP) is 1.73. The Labute approximate surface area is 108 Å². The van der Waals surface area contributed by atoms with E-state index in [1.807, 2.05) is 45.0 Å². The van der Waals surface area contributed by atoms with Gasteiger partial charge in [0.05, 0.1) is 6.10 Å². The molecule has 100 valence electrons. The van der Waals surface area contributed by atoms with Crippen molar-refractivity contribution in [1.82, 2.24) is 5.32 Å². The van der Waals surface area contributed by atoms with E-state index in [1.54, 1.807) is 0 Å². The van der Waals surface area contributed by atoms with Crippen LogP contribution in [0.1, 0.15) is 31.1 Å². The fourth-order valence-corrected chi connectivity index (χ4v) is 1.75. The lowest BCUT2D eigenvalue weighted by Gasteiger charge is -2.20. The second-order valence-electron chi connectivity index (χ2n) is 4.89. The topological polar surface area (TPSA) is 69.6 Å². The Balaban J connectivity index is 2.57. The van der Waals surface area contributed by atoms with Crippen LogP contribution in [0.4, 0.5) is 0 Å². The first-order valence-corrected chi connectivity index (χ1v) is 6.12. The number of aliphatic hydroxyl groups excluding tert-OH is 1. The summed E-state index contributed by atoms with van der Waals surface area (Å²) >= 11 is 0. The lowest BCUT2D eigenvalue weighted by Crippen LogP contribution is -2.42. The molecule has 0 saturated heterocycles. The normalized spacial score (nSPS) is 14.5. The molecule has 0 amide bonds. The van der Waals surface area contributed by atoms with E-state index in [0.29, 0.717) is 0 Å². The maximum Gasteiger partial charge on any atom is 0.320 e. The highest BCUT2D eigenvalue weighted by Crippen LogP contribution is 2.13. The van der Waals surface area contributed by atoms with Gasteiger partial charge in [-0.05, 0) is 18.4 Å². The van der Waals surface area contributed by atoms with Crippen LogP contribution >= 0.6 is 0 Å². The van der Waals surface area contributed by atoms with Crippen LogP contribution in [0.3, 0.4) is 0 Å². The third kappa shape index (κ3) is 4.13. The first kappa shape index (κ1) is 14.7. The van der Waals surface area contributed by atoms with Gasteiger partial charge in [-0.25, -0.2) is 0 Å². The Morgan fingerprint density at radius 3 is 2.28 bits per heavy atom. The maximum absolute atomic E-state index is 11.0. The molecule has 0 saturated carbocycles. The fourth-order valence-electron chi connectivity index (χ4n) is 1.75. The van der Waals surface area contributed by atoms with E-state index >= 15 is 0 Å². The number of hydrogen-bond acceptors (Lipinski definition) is 3. The molecule has 4 heteroatoms. The van der Waals surface area contributed by atoms with Crippen molar-refractivity contribution >= 4 is 5.97 Å². The molecule has 0 aliphatic carbocycles. The number of carboxylic acid groups (broad SMARTS) is 1. The molecule has 0 radical (unpaired) electrons. The largest absolute Gasteiger partial charge is 0.480 e. The summed E-state index contributed by atoms with van der Waals surface area (Å²) in [5, 5.41) is 21.9. The maximum atomic E-state index is 11.0. The predicted molar refractivity (Wildman–Crippen MR) is 70.4 cm³/mol. The number of carbonyl (C=O) groups is 1. The van der Waals surface area contributed by atoms with Crippen molar-refractivity contribution in [3.63, 3.8) is 0 Å². The molecule has 1 rings (SSSR count). The van der Waals surface area contributed by atoms with Crippen LogP contribution < -0.4 is 5.32 Å². The molecule has 2 unspecified atom stereocenters. The number of nitrogens with one attached hydrogen (secondary N) is 1.